The molecule has 1 aliphatic carbocycles. The van der Waals surface area contributed by atoms with Gasteiger partial charge in [0.2, 0.25) is 0 Å². The molecule has 0 aromatic heterocycles. The van der Waals surface area contributed by atoms with E-state index in [1.807, 2.05) is 6.92 Å². The van der Waals surface area contributed by atoms with E-state index in [-0.39, 0.29) is 6.10 Å². The molecule has 0 radical (unpaired) electrons. The van der Waals surface area contributed by atoms with Crippen LogP contribution in [0.3, 0.4) is 0 Å². The summed E-state index contributed by atoms with van der Waals surface area (Å²) < 4.78 is 12.0. The Bertz CT molecular complexity index is 761. The molecule has 1 aliphatic rings. The summed E-state index contributed by atoms with van der Waals surface area (Å²) >= 11 is 0. The smallest absolute Gasteiger partial charge is 0.127 e. The number of unbranched alkanes of at least 4 members (excludes halogenated alkanes) is 1. The van der Waals surface area contributed by atoms with Crippen molar-refractivity contribution in [3.05, 3.63) is 65.4 Å². The lowest BCUT2D eigenvalue weighted by Gasteiger charge is -2.17. The first-order valence-corrected chi connectivity index (χ1v) is 9.27. The lowest BCUT2D eigenvalue weighted by molar-refractivity contribution is 0.121. The summed E-state index contributed by atoms with van der Waals surface area (Å²) in [5.41, 5.74) is 6.29. The molecule has 25 heavy (non-hydrogen) atoms. The summed E-state index contributed by atoms with van der Waals surface area (Å²) in [7, 11) is 0. The van der Waals surface area contributed by atoms with Crippen molar-refractivity contribution in [1.29, 1.82) is 0 Å². The Labute approximate surface area is 151 Å². The molecule has 2 aromatic rings. The number of hydrogen-bond donors (Lipinski definition) is 0. The maximum atomic E-state index is 6.05. The minimum atomic E-state index is 0.127. The third-order valence-corrected chi connectivity index (χ3v) is 4.71. The molecule has 0 saturated carbocycles. The second-order valence-corrected chi connectivity index (χ2v) is 6.96. The van der Waals surface area contributed by atoms with Gasteiger partial charge in [-0.2, -0.15) is 0 Å². The summed E-state index contributed by atoms with van der Waals surface area (Å²) in [6, 6.07) is 13.2. The van der Waals surface area contributed by atoms with Crippen LogP contribution in [0.2, 0.25) is 0 Å². The van der Waals surface area contributed by atoms with Crippen molar-refractivity contribution in [2.45, 2.75) is 52.6 Å². The third-order valence-electron chi connectivity index (χ3n) is 4.71. The van der Waals surface area contributed by atoms with Crippen LogP contribution in [0.15, 0.2) is 48.7 Å². The molecule has 132 valence electrons. The SMILES string of the molecule is C=C(C)OC1CCc2ccc(-c3cc(C)ccc3OCCCC)cc21. The van der Waals surface area contributed by atoms with Crippen LogP contribution in [0.25, 0.3) is 11.1 Å². The second-order valence-electron chi connectivity index (χ2n) is 6.96. The van der Waals surface area contributed by atoms with Crippen LogP contribution in [-0.2, 0) is 11.2 Å². The third kappa shape index (κ3) is 4.07. The Morgan fingerprint density at radius 1 is 1.20 bits per heavy atom. The number of aryl methyl sites for hydroxylation is 2. The minimum absolute atomic E-state index is 0.127. The molecule has 2 nitrogen and oxygen atoms in total. The first kappa shape index (κ1) is 17.6. The van der Waals surface area contributed by atoms with E-state index in [0.29, 0.717) is 0 Å². The number of rotatable bonds is 7. The van der Waals surface area contributed by atoms with E-state index in [1.165, 1.54) is 27.8 Å². The van der Waals surface area contributed by atoms with Crippen molar-refractivity contribution < 1.29 is 9.47 Å². The van der Waals surface area contributed by atoms with Crippen molar-refractivity contribution in [1.82, 2.24) is 0 Å². The lowest BCUT2D eigenvalue weighted by Crippen LogP contribution is -2.00. The number of allylic oxidation sites excluding steroid dienone is 1. The molecule has 0 aliphatic heterocycles. The summed E-state index contributed by atoms with van der Waals surface area (Å²) in [6.07, 6.45) is 4.44. The molecule has 0 spiro atoms. The van der Waals surface area contributed by atoms with Gasteiger partial charge >= 0.3 is 0 Å². The normalized spacial score (nSPS) is 15.7. The topological polar surface area (TPSA) is 18.5 Å². The largest absolute Gasteiger partial charge is 0.493 e. The Kier molecular flexibility index (Phi) is 5.47. The van der Waals surface area contributed by atoms with Crippen LogP contribution >= 0.6 is 0 Å². The highest BCUT2D eigenvalue weighted by Crippen LogP contribution is 2.39. The Morgan fingerprint density at radius 3 is 2.80 bits per heavy atom. The van der Waals surface area contributed by atoms with Gasteiger partial charge in [0.05, 0.1) is 12.4 Å². The predicted octanol–water partition coefficient (Wildman–Crippen LogP) is 6.38. The Hall–Kier alpha value is -2.22. The standard InChI is InChI=1S/C23H28O2/c1-5-6-13-24-22-11-7-17(4)14-20(22)19-9-8-18-10-12-23(21(18)15-19)25-16(2)3/h7-9,11,14-15,23H,2,5-6,10,12-13H2,1,3-4H3. The average molecular weight is 336 g/mol. The number of benzene rings is 2. The van der Waals surface area contributed by atoms with Crippen molar-refractivity contribution in [2.24, 2.45) is 0 Å². The van der Waals surface area contributed by atoms with E-state index >= 15 is 0 Å². The van der Waals surface area contributed by atoms with Crippen LogP contribution < -0.4 is 4.74 Å². The van der Waals surface area contributed by atoms with E-state index in [1.54, 1.807) is 0 Å². The zero-order chi connectivity index (χ0) is 17.8. The number of hydrogen-bond acceptors (Lipinski definition) is 2. The molecule has 2 aromatic carbocycles. The van der Waals surface area contributed by atoms with E-state index in [2.05, 4.69) is 56.8 Å². The number of ether oxygens (including phenoxy) is 2. The van der Waals surface area contributed by atoms with E-state index < -0.39 is 0 Å². The van der Waals surface area contributed by atoms with Gasteiger partial charge in [0.1, 0.15) is 11.9 Å². The quantitative estimate of drug-likeness (QED) is 0.431. The Morgan fingerprint density at radius 2 is 2.04 bits per heavy atom. The molecule has 0 saturated heterocycles. The fourth-order valence-corrected chi connectivity index (χ4v) is 3.42. The maximum absolute atomic E-state index is 6.05. The maximum Gasteiger partial charge on any atom is 0.127 e. The highest BCUT2D eigenvalue weighted by atomic mass is 16.5. The van der Waals surface area contributed by atoms with Crippen molar-refractivity contribution >= 4 is 0 Å². The lowest BCUT2D eigenvalue weighted by atomic mass is 9.98. The molecule has 2 heteroatoms. The van der Waals surface area contributed by atoms with Gasteiger partial charge in [0.25, 0.3) is 0 Å². The van der Waals surface area contributed by atoms with Gasteiger partial charge in [-0.3, -0.25) is 0 Å². The zero-order valence-corrected chi connectivity index (χ0v) is 15.6. The molecular weight excluding hydrogens is 308 g/mol. The predicted molar refractivity (Wildman–Crippen MR) is 104 cm³/mol. The van der Waals surface area contributed by atoms with Gasteiger partial charge in [0, 0.05) is 5.56 Å². The molecule has 0 fully saturated rings. The number of fused-ring (bicyclic) bond motifs is 1. The molecular formula is C23H28O2. The van der Waals surface area contributed by atoms with Gasteiger partial charge in [-0.15, -0.1) is 0 Å². The van der Waals surface area contributed by atoms with Crippen LogP contribution in [0.4, 0.5) is 0 Å². The van der Waals surface area contributed by atoms with Crippen molar-refractivity contribution in [2.75, 3.05) is 6.61 Å². The van der Waals surface area contributed by atoms with Gasteiger partial charge in [0.15, 0.2) is 0 Å². The second kappa shape index (κ2) is 7.77. The first-order valence-electron chi connectivity index (χ1n) is 9.27. The molecule has 0 N–H and O–H groups in total. The monoisotopic (exact) mass is 336 g/mol. The average Bonchev–Trinajstić information content (AvgIpc) is 2.98. The highest BCUT2D eigenvalue weighted by Gasteiger charge is 2.24. The highest BCUT2D eigenvalue weighted by molar-refractivity contribution is 5.72. The minimum Gasteiger partial charge on any atom is -0.493 e. The molecule has 1 atom stereocenters. The van der Waals surface area contributed by atoms with Crippen LogP contribution in [0, 0.1) is 6.92 Å². The molecule has 0 bridgehead atoms. The summed E-state index contributed by atoms with van der Waals surface area (Å²) in [5.74, 6) is 1.75. The summed E-state index contributed by atoms with van der Waals surface area (Å²) in [6.45, 7) is 10.9. The van der Waals surface area contributed by atoms with Gasteiger partial charge in [-0.05, 0) is 68.0 Å². The fourth-order valence-electron chi connectivity index (χ4n) is 3.42. The Balaban J connectivity index is 1.94. The fraction of sp³-hybridized carbons (Fsp3) is 0.391. The molecule has 0 heterocycles. The van der Waals surface area contributed by atoms with E-state index in [9.17, 15) is 0 Å². The van der Waals surface area contributed by atoms with Gasteiger partial charge in [-0.1, -0.05) is 43.7 Å². The van der Waals surface area contributed by atoms with Gasteiger partial charge < -0.3 is 9.47 Å². The van der Waals surface area contributed by atoms with E-state index in [4.69, 9.17) is 9.47 Å². The summed E-state index contributed by atoms with van der Waals surface area (Å²) in [4.78, 5) is 0. The van der Waals surface area contributed by atoms with Crippen LogP contribution in [-0.4, -0.2) is 6.61 Å². The molecule has 0 amide bonds. The van der Waals surface area contributed by atoms with Crippen molar-refractivity contribution in [3.63, 3.8) is 0 Å². The molecule has 1 unspecified atom stereocenters. The first-order chi connectivity index (χ1) is 12.1. The zero-order valence-electron chi connectivity index (χ0n) is 15.6. The van der Waals surface area contributed by atoms with Crippen LogP contribution in [0.5, 0.6) is 5.75 Å². The van der Waals surface area contributed by atoms with E-state index in [0.717, 1.165) is 43.8 Å². The summed E-state index contributed by atoms with van der Waals surface area (Å²) in [5, 5.41) is 0. The molecule has 3 rings (SSSR count). The van der Waals surface area contributed by atoms with Crippen molar-refractivity contribution in [3.8, 4) is 16.9 Å². The van der Waals surface area contributed by atoms with Gasteiger partial charge in [-0.25, -0.2) is 0 Å². The van der Waals surface area contributed by atoms with Crippen LogP contribution in [0.1, 0.15) is 55.9 Å².